The van der Waals surface area contributed by atoms with E-state index in [0.29, 0.717) is 0 Å². The van der Waals surface area contributed by atoms with Crippen LogP contribution >= 0.6 is 11.8 Å². The standard InChI is InChI=1S/C16H20F3N3O4S/c1-9(10-3-4-10)22(8-16(17,18)19)13(24)7-27-15-20-11(5-12(23)21-15)6-14(25)26-2/h5,9-10H,3-4,6-8H2,1-2H3,(H,20,21,23)/t9-/m1/s1. The van der Waals surface area contributed by atoms with Gasteiger partial charge >= 0.3 is 12.1 Å². The van der Waals surface area contributed by atoms with Gasteiger partial charge in [0, 0.05) is 12.1 Å². The van der Waals surface area contributed by atoms with Crippen LogP contribution in [-0.2, 0) is 20.7 Å². The van der Waals surface area contributed by atoms with Crippen molar-refractivity contribution in [1.82, 2.24) is 14.9 Å². The lowest BCUT2D eigenvalue weighted by Crippen LogP contribution is -2.46. The number of nitrogens with one attached hydrogen (secondary N) is 1. The Hall–Kier alpha value is -2.04. The molecule has 1 aromatic heterocycles. The van der Waals surface area contributed by atoms with Gasteiger partial charge in [-0.1, -0.05) is 11.8 Å². The maximum Gasteiger partial charge on any atom is 0.406 e. The van der Waals surface area contributed by atoms with Crippen molar-refractivity contribution in [2.45, 2.75) is 43.6 Å². The first-order valence-corrected chi connectivity index (χ1v) is 9.23. The molecule has 1 aliphatic rings. The molecular weight excluding hydrogens is 387 g/mol. The zero-order valence-corrected chi connectivity index (χ0v) is 15.7. The average molecular weight is 407 g/mol. The molecule has 1 saturated carbocycles. The number of aromatic nitrogens is 2. The monoisotopic (exact) mass is 407 g/mol. The van der Waals surface area contributed by atoms with Crippen LogP contribution in [0.3, 0.4) is 0 Å². The normalized spacial score (nSPS) is 15.3. The van der Waals surface area contributed by atoms with Crippen LogP contribution in [0.4, 0.5) is 13.2 Å². The minimum absolute atomic E-state index is 0.0563. The van der Waals surface area contributed by atoms with E-state index in [1.54, 1.807) is 6.92 Å². The van der Waals surface area contributed by atoms with Gasteiger partial charge in [-0.25, -0.2) is 4.98 Å². The minimum Gasteiger partial charge on any atom is -0.469 e. The summed E-state index contributed by atoms with van der Waals surface area (Å²) in [4.78, 5) is 42.6. The quantitative estimate of drug-likeness (QED) is 0.401. The highest BCUT2D eigenvalue weighted by Crippen LogP contribution is 2.36. The number of halogens is 3. The molecule has 0 unspecified atom stereocenters. The number of nitrogens with zero attached hydrogens (tertiary/aromatic N) is 2. The van der Waals surface area contributed by atoms with Crippen LogP contribution in [0.2, 0.25) is 0 Å². The molecule has 2 rings (SSSR count). The Morgan fingerprint density at radius 3 is 2.67 bits per heavy atom. The van der Waals surface area contributed by atoms with Gasteiger partial charge in [-0.3, -0.25) is 14.4 Å². The number of esters is 1. The van der Waals surface area contributed by atoms with E-state index in [1.165, 1.54) is 7.11 Å². The largest absolute Gasteiger partial charge is 0.469 e. The van der Waals surface area contributed by atoms with Crippen LogP contribution in [0.15, 0.2) is 16.0 Å². The van der Waals surface area contributed by atoms with E-state index in [-0.39, 0.29) is 28.9 Å². The van der Waals surface area contributed by atoms with Crippen molar-refractivity contribution >= 4 is 23.6 Å². The Morgan fingerprint density at radius 1 is 1.44 bits per heavy atom. The Labute approximate surface area is 157 Å². The number of rotatable bonds is 8. The number of H-pyrrole nitrogens is 1. The van der Waals surface area contributed by atoms with Gasteiger partial charge in [-0.15, -0.1) is 0 Å². The number of thioether (sulfide) groups is 1. The minimum atomic E-state index is -4.49. The first-order valence-electron chi connectivity index (χ1n) is 8.25. The van der Waals surface area contributed by atoms with Gasteiger partial charge in [-0.2, -0.15) is 13.2 Å². The lowest BCUT2D eigenvalue weighted by atomic mass is 10.2. The molecule has 1 aromatic rings. The highest BCUT2D eigenvalue weighted by Gasteiger charge is 2.40. The third kappa shape index (κ3) is 6.89. The van der Waals surface area contributed by atoms with Gasteiger partial charge in [-0.05, 0) is 25.7 Å². The van der Waals surface area contributed by atoms with Crippen LogP contribution in [0.1, 0.15) is 25.5 Å². The Kier molecular flexibility index (Phi) is 6.90. The molecule has 0 aromatic carbocycles. The molecule has 0 aliphatic heterocycles. The zero-order valence-electron chi connectivity index (χ0n) is 14.8. The van der Waals surface area contributed by atoms with Crippen molar-refractivity contribution in [3.8, 4) is 0 Å². The number of ether oxygens (including phenoxy) is 1. The summed E-state index contributed by atoms with van der Waals surface area (Å²) in [7, 11) is 1.19. The van der Waals surface area contributed by atoms with E-state index < -0.39 is 36.2 Å². The first kappa shape index (κ1) is 21.3. The van der Waals surface area contributed by atoms with Crippen molar-refractivity contribution < 1.29 is 27.5 Å². The summed E-state index contributed by atoms with van der Waals surface area (Å²) in [6, 6.07) is 0.617. The maximum absolute atomic E-state index is 12.8. The van der Waals surface area contributed by atoms with E-state index in [9.17, 15) is 27.6 Å². The van der Waals surface area contributed by atoms with Crippen LogP contribution in [0.5, 0.6) is 0 Å². The second kappa shape index (κ2) is 8.77. The molecule has 1 N–H and O–H groups in total. The van der Waals surface area contributed by atoms with E-state index in [0.717, 1.165) is 35.6 Å². The van der Waals surface area contributed by atoms with Crippen LogP contribution < -0.4 is 5.56 Å². The molecule has 1 fully saturated rings. The van der Waals surface area contributed by atoms with Gasteiger partial charge in [0.25, 0.3) is 5.56 Å². The van der Waals surface area contributed by atoms with Crippen LogP contribution in [0, 0.1) is 5.92 Å². The summed E-state index contributed by atoms with van der Waals surface area (Å²) in [5.41, 5.74) is -0.378. The molecule has 0 saturated heterocycles. The van der Waals surface area contributed by atoms with E-state index in [1.807, 2.05) is 0 Å². The molecule has 11 heteroatoms. The van der Waals surface area contributed by atoms with Crippen molar-refractivity contribution in [2.75, 3.05) is 19.4 Å². The molecule has 0 radical (unpaired) electrons. The fourth-order valence-corrected chi connectivity index (χ4v) is 3.34. The van der Waals surface area contributed by atoms with Crippen molar-refractivity contribution in [2.24, 2.45) is 5.92 Å². The molecule has 1 heterocycles. The molecule has 7 nitrogen and oxygen atoms in total. The van der Waals surface area contributed by atoms with Crippen molar-refractivity contribution in [1.29, 1.82) is 0 Å². The summed E-state index contributed by atoms with van der Waals surface area (Å²) in [6.07, 6.45) is -3.10. The molecule has 1 atom stereocenters. The van der Waals surface area contributed by atoms with Gasteiger partial charge < -0.3 is 14.6 Å². The predicted molar refractivity (Wildman–Crippen MR) is 91.3 cm³/mol. The summed E-state index contributed by atoms with van der Waals surface area (Å²) in [6.45, 7) is 0.305. The van der Waals surface area contributed by atoms with E-state index in [2.05, 4.69) is 14.7 Å². The summed E-state index contributed by atoms with van der Waals surface area (Å²) < 4.78 is 43.0. The number of carbonyl (C=O) groups is 2. The molecule has 0 spiro atoms. The highest BCUT2D eigenvalue weighted by atomic mass is 32.2. The van der Waals surface area contributed by atoms with Gasteiger partial charge in [0.2, 0.25) is 5.91 Å². The van der Waals surface area contributed by atoms with Gasteiger partial charge in [0.15, 0.2) is 5.16 Å². The average Bonchev–Trinajstić information content (AvgIpc) is 3.40. The zero-order chi connectivity index (χ0) is 20.2. The number of hydrogen-bond donors (Lipinski definition) is 1. The number of amides is 1. The fraction of sp³-hybridized carbons (Fsp3) is 0.625. The third-order valence-electron chi connectivity index (χ3n) is 4.12. The summed E-state index contributed by atoms with van der Waals surface area (Å²) >= 11 is 0.818. The second-order valence-electron chi connectivity index (χ2n) is 6.30. The smallest absolute Gasteiger partial charge is 0.406 e. The third-order valence-corrected chi connectivity index (χ3v) is 4.98. The first-order chi connectivity index (χ1) is 12.6. The highest BCUT2D eigenvalue weighted by molar-refractivity contribution is 7.99. The second-order valence-corrected chi connectivity index (χ2v) is 7.26. The lowest BCUT2D eigenvalue weighted by molar-refractivity contribution is -0.164. The Bertz CT molecular complexity index is 749. The summed E-state index contributed by atoms with van der Waals surface area (Å²) in [5.74, 6) is -1.49. The number of aromatic amines is 1. The SMILES string of the molecule is COC(=O)Cc1cc(=O)[nH]c(SCC(=O)N(CC(F)(F)F)[C@H](C)C2CC2)n1. The summed E-state index contributed by atoms with van der Waals surface area (Å²) in [5, 5.41) is 0.0563. The fourth-order valence-electron chi connectivity index (χ4n) is 2.56. The molecule has 27 heavy (non-hydrogen) atoms. The molecule has 1 aliphatic carbocycles. The topological polar surface area (TPSA) is 92.4 Å². The Balaban J connectivity index is 2.05. The van der Waals surface area contributed by atoms with Crippen LogP contribution in [0.25, 0.3) is 0 Å². The predicted octanol–water partition coefficient (Wildman–Crippen LogP) is 1.77. The van der Waals surface area contributed by atoms with Crippen LogP contribution in [-0.4, -0.2) is 58.4 Å². The maximum atomic E-state index is 12.8. The molecular formula is C16H20F3N3O4S. The Morgan fingerprint density at radius 2 is 2.11 bits per heavy atom. The van der Waals surface area contributed by atoms with Crippen molar-refractivity contribution in [3.05, 3.63) is 22.1 Å². The molecule has 150 valence electrons. The number of carbonyl (C=O) groups excluding carboxylic acids is 2. The number of alkyl halides is 3. The lowest BCUT2D eigenvalue weighted by Gasteiger charge is -2.30. The molecule has 1 amide bonds. The number of methoxy groups -OCH3 is 1. The van der Waals surface area contributed by atoms with E-state index in [4.69, 9.17) is 0 Å². The van der Waals surface area contributed by atoms with E-state index >= 15 is 0 Å². The van der Waals surface area contributed by atoms with Gasteiger partial charge in [0.1, 0.15) is 6.54 Å². The number of hydrogen-bond acceptors (Lipinski definition) is 6. The van der Waals surface area contributed by atoms with Gasteiger partial charge in [0.05, 0.1) is 25.0 Å². The van der Waals surface area contributed by atoms with Crippen molar-refractivity contribution in [3.63, 3.8) is 0 Å². The molecule has 0 bridgehead atoms.